The van der Waals surface area contributed by atoms with E-state index in [1.165, 1.54) is 0 Å². The van der Waals surface area contributed by atoms with Gasteiger partial charge in [0.15, 0.2) is 0 Å². The third kappa shape index (κ3) is 3.84. The molecule has 93 valence electrons. The van der Waals surface area contributed by atoms with Gasteiger partial charge in [0.25, 0.3) is 0 Å². The molecule has 4 nitrogen and oxygen atoms in total. The molecule has 1 unspecified atom stereocenters. The van der Waals surface area contributed by atoms with Crippen LogP contribution in [0.1, 0.15) is 34.1 Å². The zero-order chi connectivity index (χ0) is 13.3. The Kier molecular flexibility index (Phi) is 3.73. The van der Waals surface area contributed by atoms with Gasteiger partial charge in [-0.05, 0) is 0 Å². The molecule has 0 amide bonds. The van der Waals surface area contributed by atoms with Crippen LogP contribution in [0.25, 0.3) is 1.43 Å². The Hall–Kier alpha value is 0.0949. The molecule has 0 saturated carbocycles. The maximum absolute atomic E-state index is 11.6. The molecule has 1 aliphatic heterocycles. The van der Waals surface area contributed by atoms with Gasteiger partial charge in [0, 0.05) is 0 Å². The summed E-state index contributed by atoms with van der Waals surface area (Å²) in [7, 11) is -3.04. The zero-order valence-electron chi connectivity index (χ0n) is 11.3. The SMILES string of the molecule is [3H]OS(=[B])(=O)C[C@H](C)[C@@H]1OC(C)(C)O[C@@H]1CC. The van der Waals surface area contributed by atoms with E-state index in [-0.39, 0.29) is 23.9 Å². The van der Waals surface area contributed by atoms with Crippen LogP contribution in [0.15, 0.2) is 0 Å². The van der Waals surface area contributed by atoms with Crippen molar-refractivity contribution in [3.63, 3.8) is 0 Å². The third-order valence-electron chi connectivity index (χ3n) is 2.68. The standard InChI is InChI=1S/C10H20BO4S/c1-5-8-9(15-10(3,4)14-8)7(2)6-16(11,12)13/h7-9H,5-6H2,1-4H3,(H,12,13)/t7-,8+,9-/m0/s1/i/hT. The quantitative estimate of drug-likeness (QED) is 0.748. The van der Waals surface area contributed by atoms with Crippen molar-refractivity contribution >= 4 is 16.4 Å². The summed E-state index contributed by atoms with van der Waals surface area (Å²) in [6.07, 6.45) is 0.599. The molecule has 0 aromatic rings. The van der Waals surface area contributed by atoms with Gasteiger partial charge in [-0.3, -0.25) is 0 Å². The second-order valence-corrected chi connectivity index (χ2v) is 6.51. The first-order valence-corrected chi connectivity index (χ1v) is 7.22. The van der Waals surface area contributed by atoms with Crippen molar-refractivity contribution in [2.24, 2.45) is 5.92 Å². The summed E-state index contributed by atoms with van der Waals surface area (Å²) in [5, 5.41) is 0. The summed E-state index contributed by atoms with van der Waals surface area (Å²) in [6.45, 7) is 12.9. The molecule has 1 fully saturated rings. The van der Waals surface area contributed by atoms with E-state index in [0.29, 0.717) is 0 Å². The van der Waals surface area contributed by atoms with Gasteiger partial charge in [-0.1, -0.05) is 0 Å². The number of hydrogen-bond acceptors (Lipinski definition) is 4. The molecule has 16 heavy (non-hydrogen) atoms. The number of hydrogen-bond donors (Lipinski definition) is 1. The van der Waals surface area contributed by atoms with Crippen molar-refractivity contribution in [2.75, 3.05) is 5.75 Å². The predicted molar refractivity (Wildman–Crippen MR) is 64.7 cm³/mol. The first kappa shape index (κ1) is 12.5. The molecule has 0 aliphatic carbocycles. The first-order valence-electron chi connectivity index (χ1n) is 5.91. The van der Waals surface area contributed by atoms with E-state index in [1.807, 2.05) is 27.7 Å². The number of ether oxygens (including phenoxy) is 2. The van der Waals surface area contributed by atoms with Crippen molar-refractivity contribution in [1.29, 1.82) is 1.43 Å². The molecule has 0 bridgehead atoms. The fraction of sp³-hybridized carbons (Fsp3) is 1.00. The van der Waals surface area contributed by atoms with Crippen LogP contribution in [0.2, 0.25) is 0 Å². The van der Waals surface area contributed by atoms with Crippen LogP contribution in [0.4, 0.5) is 0 Å². The summed E-state index contributed by atoms with van der Waals surface area (Å²) in [5.41, 5.74) is 0. The van der Waals surface area contributed by atoms with E-state index in [2.05, 4.69) is 4.56 Å². The molecule has 1 rings (SSSR count). The molecule has 0 aromatic heterocycles. The Morgan fingerprint density at radius 3 is 2.75 bits per heavy atom. The van der Waals surface area contributed by atoms with E-state index >= 15 is 0 Å². The second-order valence-electron chi connectivity index (χ2n) is 4.85. The Balaban J connectivity index is 2.72. The van der Waals surface area contributed by atoms with Gasteiger partial charge in [-0.15, -0.1) is 0 Å². The molecule has 1 saturated heterocycles. The van der Waals surface area contributed by atoms with Gasteiger partial charge in [-0.2, -0.15) is 0 Å². The van der Waals surface area contributed by atoms with Crippen LogP contribution in [0.3, 0.4) is 0 Å². The number of rotatable bonds is 5. The van der Waals surface area contributed by atoms with Crippen molar-refractivity contribution in [3.05, 3.63) is 0 Å². The second kappa shape index (κ2) is 4.76. The fourth-order valence-corrected chi connectivity index (χ4v) is 3.05. The Bertz CT molecular complexity index is 357. The normalized spacial score (nSPS) is 35.3. The zero-order valence-corrected chi connectivity index (χ0v) is 11.1. The molecular formula is C10H20BO4S. The molecule has 4 atom stereocenters. The molecule has 1 heterocycles. The fourth-order valence-electron chi connectivity index (χ4n) is 2.12. The van der Waals surface area contributed by atoms with Gasteiger partial charge in [0.05, 0.1) is 0 Å². The van der Waals surface area contributed by atoms with Crippen LogP contribution >= 0.6 is 0 Å². The van der Waals surface area contributed by atoms with Gasteiger partial charge in [0.2, 0.25) is 0 Å². The summed E-state index contributed by atoms with van der Waals surface area (Å²) in [5.74, 6) is -0.627. The van der Waals surface area contributed by atoms with Gasteiger partial charge >= 0.3 is 99.8 Å². The average molecular weight is 249 g/mol. The van der Waals surface area contributed by atoms with Crippen molar-refractivity contribution < 1.29 is 18.2 Å². The first-order chi connectivity index (χ1) is 7.71. The van der Waals surface area contributed by atoms with Crippen LogP contribution in [0.5, 0.6) is 0 Å². The molecule has 1 radical (unpaired) electrons. The molecule has 1 aliphatic rings. The maximum atomic E-state index is 11.6. The summed E-state index contributed by atoms with van der Waals surface area (Å²) in [4.78, 5) is 0. The summed E-state index contributed by atoms with van der Waals surface area (Å²) < 4.78 is 33.8. The summed E-state index contributed by atoms with van der Waals surface area (Å²) in [6, 6.07) is 0. The Morgan fingerprint density at radius 1 is 1.62 bits per heavy atom. The monoisotopic (exact) mass is 249 g/mol. The third-order valence-corrected chi connectivity index (χ3v) is 3.67. The minimum atomic E-state index is -3.04. The molecule has 6 heteroatoms. The minimum absolute atomic E-state index is 0.0408. The molecule has 1 N–H and O–H groups in total. The van der Waals surface area contributed by atoms with Crippen molar-refractivity contribution in [3.8, 4) is 0 Å². The van der Waals surface area contributed by atoms with Crippen LogP contribution in [0, 0.1) is 5.92 Å². The van der Waals surface area contributed by atoms with Gasteiger partial charge in [-0.25, -0.2) is 0 Å². The van der Waals surface area contributed by atoms with Crippen molar-refractivity contribution in [2.45, 2.75) is 52.1 Å². The van der Waals surface area contributed by atoms with E-state index in [4.69, 9.17) is 17.6 Å². The molecule has 0 aromatic carbocycles. The van der Waals surface area contributed by atoms with Crippen LogP contribution in [-0.2, 0) is 19.1 Å². The Morgan fingerprint density at radius 2 is 2.25 bits per heavy atom. The predicted octanol–water partition coefficient (Wildman–Crippen LogP) is 1.39. The van der Waals surface area contributed by atoms with Crippen LogP contribution in [-0.4, -0.2) is 39.2 Å². The van der Waals surface area contributed by atoms with Crippen molar-refractivity contribution in [1.82, 2.24) is 0 Å². The Labute approximate surface area is 100 Å². The van der Waals surface area contributed by atoms with E-state index < -0.39 is 15.4 Å². The van der Waals surface area contributed by atoms with Gasteiger partial charge < -0.3 is 0 Å². The topological polar surface area (TPSA) is 55.8 Å². The van der Waals surface area contributed by atoms with E-state index in [1.54, 1.807) is 0 Å². The van der Waals surface area contributed by atoms with Gasteiger partial charge in [0.1, 0.15) is 0 Å². The average Bonchev–Trinajstić information content (AvgIpc) is 2.53. The summed E-state index contributed by atoms with van der Waals surface area (Å²) >= 11 is 0. The van der Waals surface area contributed by atoms with Crippen LogP contribution < -0.4 is 0 Å². The van der Waals surface area contributed by atoms with E-state index in [9.17, 15) is 4.21 Å². The molecule has 0 spiro atoms. The van der Waals surface area contributed by atoms with E-state index in [0.717, 1.165) is 6.42 Å². The molecular weight excluding hydrogens is 227 g/mol.